The van der Waals surface area contributed by atoms with Crippen LogP contribution in [0.25, 0.3) is 0 Å². The lowest BCUT2D eigenvalue weighted by Crippen LogP contribution is -2.32. The minimum atomic E-state index is -0.289. The zero-order valence-electron chi connectivity index (χ0n) is 13.2. The molecule has 0 bridgehead atoms. The van der Waals surface area contributed by atoms with Gasteiger partial charge in [0.2, 0.25) is 11.7 Å². The zero-order chi connectivity index (χ0) is 14.7. The fraction of sp³-hybridized carbons (Fsp3) is 0.875. The highest BCUT2D eigenvalue weighted by Crippen LogP contribution is 2.41. The Morgan fingerprint density at radius 1 is 1.24 bits per heavy atom. The summed E-state index contributed by atoms with van der Waals surface area (Å²) in [5, 5.41) is 7.78. The Labute approximate surface area is 126 Å². The van der Waals surface area contributed by atoms with E-state index in [2.05, 4.69) is 17.4 Å². The van der Waals surface area contributed by atoms with Crippen molar-refractivity contribution in [3.63, 3.8) is 0 Å². The fourth-order valence-electron chi connectivity index (χ4n) is 3.88. The summed E-state index contributed by atoms with van der Waals surface area (Å²) in [6.45, 7) is 3.22. The molecule has 0 spiro atoms. The highest BCUT2D eigenvalue weighted by Gasteiger charge is 2.40. The fourth-order valence-corrected chi connectivity index (χ4v) is 3.88. The molecule has 0 atom stereocenters. The van der Waals surface area contributed by atoms with E-state index in [9.17, 15) is 0 Å². The van der Waals surface area contributed by atoms with Gasteiger partial charge in [-0.25, -0.2) is 0 Å². The molecule has 1 N–H and O–H groups in total. The third-order valence-electron chi connectivity index (χ3n) is 5.22. The highest BCUT2D eigenvalue weighted by molar-refractivity contribution is 5.06. The van der Waals surface area contributed by atoms with Crippen LogP contribution in [-0.2, 0) is 10.3 Å². The van der Waals surface area contributed by atoms with Gasteiger partial charge in [0, 0.05) is 19.1 Å². The first-order valence-corrected chi connectivity index (χ1v) is 8.40. The predicted molar refractivity (Wildman–Crippen MR) is 80.1 cm³/mol. The number of aromatic nitrogens is 2. The second kappa shape index (κ2) is 6.44. The molecule has 0 aliphatic heterocycles. The molecule has 1 heterocycles. The van der Waals surface area contributed by atoms with Crippen molar-refractivity contribution < 1.29 is 9.26 Å². The number of hydrogen-bond donors (Lipinski definition) is 1. The van der Waals surface area contributed by atoms with Crippen molar-refractivity contribution in [3.8, 4) is 0 Å². The van der Waals surface area contributed by atoms with E-state index in [0.29, 0.717) is 12.0 Å². The number of nitrogens with zero attached hydrogens (tertiary/aromatic N) is 2. The molecule has 3 rings (SSSR count). The van der Waals surface area contributed by atoms with Crippen molar-refractivity contribution in [1.82, 2.24) is 15.5 Å². The molecule has 0 radical (unpaired) electrons. The van der Waals surface area contributed by atoms with E-state index >= 15 is 0 Å². The summed E-state index contributed by atoms with van der Waals surface area (Å²) in [4.78, 5) is 4.71. The van der Waals surface area contributed by atoms with Crippen LogP contribution in [0.4, 0.5) is 0 Å². The molecule has 2 fully saturated rings. The molecule has 1 aromatic heterocycles. The molecule has 21 heavy (non-hydrogen) atoms. The number of hydrogen-bond acceptors (Lipinski definition) is 5. The molecular weight excluding hydrogens is 266 g/mol. The smallest absolute Gasteiger partial charge is 0.229 e. The predicted octanol–water partition coefficient (Wildman–Crippen LogP) is 3.12. The molecule has 5 heteroatoms. The number of ether oxygens (including phenoxy) is 1. The first kappa shape index (κ1) is 15.0. The SMILES string of the molecule is CCNC1CCC(c2nc(C3(OC)CCCC3)no2)CC1. The Balaban J connectivity index is 1.65. The van der Waals surface area contributed by atoms with Crippen LogP contribution in [0.2, 0.25) is 0 Å². The highest BCUT2D eigenvalue weighted by atomic mass is 16.5. The van der Waals surface area contributed by atoms with E-state index in [1.54, 1.807) is 7.11 Å². The molecule has 5 nitrogen and oxygen atoms in total. The summed E-state index contributed by atoms with van der Waals surface area (Å²) in [6.07, 6.45) is 9.07. The van der Waals surface area contributed by atoms with E-state index in [4.69, 9.17) is 14.2 Å². The van der Waals surface area contributed by atoms with Crippen LogP contribution in [0.5, 0.6) is 0 Å². The number of methoxy groups -OCH3 is 1. The molecule has 0 aromatic carbocycles. The third kappa shape index (κ3) is 2.99. The standard InChI is InChI=1S/C16H27N3O2/c1-3-17-13-8-6-12(7-9-13)14-18-15(19-21-14)16(20-2)10-4-5-11-16/h12-13,17H,3-11H2,1-2H3. The second-order valence-corrected chi connectivity index (χ2v) is 6.47. The van der Waals surface area contributed by atoms with E-state index < -0.39 is 0 Å². The van der Waals surface area contributed by atoms with Gasteiger partial charge < -0.3 is 14.6 Å². The molecule has 2 aliphatic carbocycles. The monoisotopic (exact) mass is 293 g/mol. The van der Waals surface area contributed by atoms with Crippen LogP contribution in [0, 0.1) is 0 Å². The molecule has 118 valence electrons. The van der Waals surface area contributed by atoms with Crippen LogP contribution in [0.15, 0.2) is 4.52 Å². The molecule has 0 unspecified atom stereocenters. The van der Waals surface area contributed by atoms with Crippen molar-refractivity contribution in [2.45, 2.75) is 75.9 Å². The van der Waals surface area contributed by atoms with E-state index in [1.165, 1.54) is 25.7 Å². The maximum Gasteiger partial charge on any atom is 0.229 e. The largest absolute Gasteiger partial charge is 0.370 e. The van der Waals surface area contributed by atoms with Gasteiger partial charge in [-0.1, -0.05) is 12.1 Å². The summed E-state index contributed by atoms with van der Waals surface area (Å²) in [6, 6.07) is 0.661. The van der Waals surface area contributed by atoms with Gasteiger partial charge >= 0.3 is 0 Å². The summed E-state index contributed by atoms with van der Waals surface area (Å²) in [5.41, 5.74) is -0.289. The number of rotatable bonds is 5. The maximum absolute atomic E-state index is 5.74. The summed E-state index contributed by atoms with van der Waals surface area (Å²) >= 11 is 0. The van der Waals surface area contributed by atoms with Gasteiger partial charge in [0.15, 0.2) is 0 Å². The van der Waals surface area contributed by atoms with Crippen molar-refractivity contribution in [3.05, 3.63) is 11.7 Å². The lowest BCUT2D eigenvalue weighted by atomic mass is 9.86. The van der Waals surface area contributed by atoms with Crippen molar-refractivity contribution in [2.24, 2.45) is 0 Å². The Kier molecular flexibility index (Phi) is 4.60. The Hall–Kier alpha value is -0.940. The van der Waals surface area contributed by atoms with Crippen LogP contribution < -0.4 is 5.32 Å². The minimum absolute atomic E-state index is 0.289. The zero-order valence-corrected chi connectivity index (χ0v) is 13.2. The summed E-state index contributed by atoms with van der Waals surface area (Å²) < 4.78 is 11.3. The molecule has 1 aromatic rings. The topological polar surface area (TPSA) is 60.2 Å². The summed E-state index contributed by atoms with van der Waals surface area (Å²) in [5.74, 6) is 2.02. The van der Waals surface area contributed by atoms with E-state index in [0.717, 1.165) is 43.9 Å². The molecular formula is C16H27N3O2. The Bertz CT molecular complexity index is 446. The van der Waals surface area contributed by atoms with Crippen LogP contribution in [0.3, 0.4) is 0 Å². The third-order valence-corrected chi connectivity index (χ3v) is 5.22. The summed E-state index contributed by atoms with van der Waals surface area (Å²) in [7, 11) is 1.77. The second-order valence-electron chi connectivity index (χ2n) is 6.47. The minimum Gasteiger partial charge on any atom is -0.370 e. The first-order chi connectivity index (χ1) is 10.3. The van der Waals surface area contributed by atoms with Gasteiger partial charge in [-0.2, -0.15) is 4.98 Å². The van der Waals surface area contributed by atoms with E-state index in [-0.39, 0.29) is 5.60 Å². The molecule has 2 aliphatic rings. The van der Waals surface area contributed by atoms with Gasteiger partial charge in [0.05, 0.1) is 0 Å². The molecule has 0 saturated heterocycles. The normalized spacial score (nSPS) is 28.9. The molecule has 0 amide bonds. The van der Waals surface area contributed by atoms with Crippen molar-refractivity contribution in [1.29, 1.82) is 0 Å². The lowest BCUT2D eigenvalue weighted by Gasteiger charge is -2.27. The van der Waals surface area contributed by atoms with Gasteiger partial charge in [-0.15, -0.1) is 0 Å². The van der Waals surface area contributed by atoms with Crippen LogP contribution in [0.1, 0.15) is 75.9 Å². The van der Waals surface area contributed by atoms with Crippen LogP contribution in [-0.4, -0.2) is 29.8 Å². The van der Waals surface area contributed by atoms with Crippen LogP contribution >= 0.6 is 0 Å². The van der Waals surface area contributed by atoms with Crippen molar-refractivity contribution >= 4 is 0 Å². The van der Waals surface area contributed by atoms with Gasteiger partial charge in [-0.05, 0) is 57.9 Å². The first-order valence-electron chi connectivity index (χ1n) is 8.40. The van der Waals surface area contributed by atoms with Crippen molar-refractivity contribution in [2.75, 3.05) is 13.7 Å². The molecule has 2 saturated carbocycles. The van der Waals surface area contributed by atoms with E-state index in [1.807, 2.05) is 0 Å². The van der Waals surface area contributed by atoms with Gasteiger partial charge in [0.25, 0.3) is 0 Å². The maximum atomic E-state index is 5.74. The Morgan fingerprint density at radius 3 is 2.57 bits per heavy atom. The lowest BCUT2D eigenvalue weighted by molar-refractivity contribution is -0.0178. The number of nitrogens with one attached hydrogen (secondary N) is 1. The average molecular weight is 293 g/mol. The average Bonchev–Trinajstić information content (AvgIpc) is 3.18. The van der Waals surface area contributed by atoms with Gasteiger partial charge in [0.1, 0.15) is 5.60 Å². The quantitative estimate of drug-likeness (QED) is 0.904. The Morgan fingerprint density at radius 2 is 1.95 bits per heavy atom. The van der Waals surface area contributed by atoms with Gasteiger partial charge in [-0.3, -0.25) is 0 Å².